The molecule has 0 aliphatic heterocycles. The first-order valence-corrected chi connectivity index (χ1v) is 9.89. The number of carbonyl (C=O) groups excluding carboxylic acids is 1. The van der Waals surface area contributed by atoms with Crippen LogP contribution in [-0.4, -0.2) is 27.4 Å². The molecule has 0 fully saturated rings. The van der Waals surface area contributed by atoms with E-state index >= 15 is 0 Å². The Labute approximate surface area is 157 Å². The highest BCUT2D eigenvalue weighted by molar-refractivity contribution is 7.89. The summed E-state index contributed by atoms with van der Waals surface area (Å²) >= 11 is 11.9. The molecule has 0 aliphatic rings. The predicted octanol–water partition coefficient (Wildman–Crippen LogP) is 3.26. The second kappa shape index (κ2) is 8.67. The average Bonchev–Trinajstić information content (AvgIpc) is 2.57. The van der Waals surface area contributed by atoms with E-state index in [1.54, 1.807) is 19.1 Å². The van der Waals surface area contributed by atoms with Crippen molar-refractivity contribution in [3.63, 3.8) is 0 Å². The predicted molar refractivity (Wildman–Crippen MR) is 99.8 cm³/mol. The van der Waals surface area contributed by atoms with Crippen LogP contribution in [0, 0.1) is 0 Å². The maximum absolute atomic E-state index is 12.1. The van der Waals surface area contributed by atoms with Crippen LogP contribution < -0.4 is 10.0 Å². The number of carbonyl (C=O) groups is 1. The van der Waals surface area contributed by atoms with E-state index in [4.69, 9.17) is 23.2 Å². The van der Waals surface area contributed by atoms with Crippen LogP contribution in [0.15, 0.2) is 47.4 Å². The van der Waals surface area contributed by atoms with Crippen molar-refractivity contribution >= 4 is 39.1 Å². The SMILES string of the molecule is CCNS(=O)(=O)c1ccc(C(=O)NCCc2ccc(Cl)cc2Cl)cc1. The fraction of sp³-hybridized carbons (Fsp3) is 0.235. The molecule has 5 nitrogen and oxygen atoms in total. The van der Waals surface area contributed by atoms with Crippen LogP contribution >= 0.6 is 23.2 Å². The molecule has 0 saturated heterocycles. The van der Waals surface area contributed by atoms with Crippen molar-refractivity contribution in [3.8, 4) is 0 Å². The first kappa shape index (κ1) is 19.7. The molecule has 0 aromatic heterocycles. The lowest BCUT2D eigenvalue weighted by molar-refractivity contribution is 0.0954. The number of nitrogens with one attached hydrogen (secondary N) is 2. The van der Waals surface area contributed by atoms with E-state index in [1.165, 1.54) is 24.3 Å². The molecular formula is C17H18Cl2N2O3S. The van der Waals surface area contributed by atoms with Gasteiger partial charge in [0.1, 0.15) is 0 Å². The van der Waals surface area contributed by atoms with E-state index in [-0.39, 0.29) is 10.8 Å². The maximum atomic E-state index is 12.1. The average molecular weight is 401 g/mol. The van der Waals surface area contributed by atoms with Crippen LogP contribution in [0.1, 0.15) is 22.8 Å². The number of rotatable bonds is 7. The van der Waals surface area contributed by atoms with Crippen molar-refractivity contribution in [1.29, 1.82) is 0 Å². The third kappa shape index (κ3) is 5.44. The maximum Gasteiger partial charge on any atom is 0.251 e. The van der Waals surface area contributed by atoms with Crippen molar-refractivity contribution in [2.45, 2.75) is 18.2 Å². The summed E-state index contributed by atoms with van der Waals surface area (Å²) in [7, 11) is -3.52. The van der Waals surface area contributed by atoms with Gasteiger partial charge in [0.2, 0.25) is 10.0 Å². The van der Waals surface area contributed by atoms with Crippen LogP contribution in [0.25, 0.3) is 0 Å². The third-order valence-corrected chi connectivity index (χ3v) is 5.60. The van der Waals surface area contributed by atoms with Gasteiger partial charge in [-0.25, -0.2) is 13.1 Å². The van der Waals surface area contributed by atoms with Gasteiger partial charge < -0.3 is 5.32 Å². The summed E-state index contributed by atoms with van der Waals surface area (Å²) in [6, 6.07) is 11.0. The lowest BCUT2D eigenvalue weighted by atomic mass is 10.1. The van der Waals surface area contributed by atoms with Crippen molar-refractivity contribution in [3.05, 3.63) is 63.6 Å². The first-order valence-electron chi connectivity index (χ1n) is 7.65. The summed E-state index contributed by atoms with van der Waals surface area (Å²) in [6.07, 6.45) is 0.564. The molecule has 2 rings (SSSR count). The molecule has 0 aliphatic carbocycles. The number of halogens is 2. The van der Waals surface area contributed by atoms with Crippen molar-refractivity contribution in [2.24, 2.45) is 0 Å². The highest BCUT2D eigenvalue weighted by Gasteiger charge is 2.13. The molecular weight excluding hydrogens is 383 g/mol. The van der Waals surface area contributed by atoms with Crippen LogP contribution in [-0.2, 0) is 16.4 Å². The summed E-state index contributed by atoms with van der Waals surface area (Å²) in [5.74, 6) is -0.280. The molecule has 25 heavy (non-hydrogen) atoms. The molecule has 0 unspecified atom stereocenters. The Morgan fingerprint density at radius 3 is 2.36 bits per heavy atom. The zero-order chi connectivity index (χ0) is 18.4. The van der Waals surface area contributed by atoms with Gasteiger partial charge in [-0.05, 0) is 48.4 Å². The molecule has 0 radical (unpaired) electrons. The van der Waals surface area contributed by atoms with E-state index in [0.29, 0.717) is 35.1 Å². The van der Waals surface area contributed by atoms with Gasteiger partial charge in [0.25, 0.3) is 5.91 Å². The molecule has 134 valence electrons. The molecule has 2 aromatic carbocycles. The monoisotopic (exact) mass is 400 g/mol. The van der Waals surface area contributed by atoms with Gasteiger partial charge in [-0.3, -0.25) is 4.79 Å². The van der Waals surface area contributed by atoms with Gasteiger partial charge in [-0.1, -0.05) is 36.2 Å². The number of amides is 1. The molecule has 1 amide bonds. The number of hydrogen-bond donors (Lipinski definition) is 2. The Hall–Kier alpha value is -1.60. The number of benzene rings is 2. The Morgan fingerprint density at radius 2 is 1.76 bits per heavy atom. The standard InChI is InChI=1S/C17H18Cl2N2O3S/c1-2-21-25(23,24)15-7-4-13(5-8-15)17(22)20-10-9-12-3-6-14(18)11-16(12)19/h3-8,11,21H,2,9-10H2,1H3,(H,20,22). The number of hydrogen-bond acceptors (Lipinski definition) is 3. The van der Waals surface area contributed by atoms with E-state index < -0.39 is 10.0 Å². The molecule has 2 aromatic rings. The minimum atomic E-state index is -3.52. The minimum Gasteiger partial charge on any atom is -0.352 e. The molecule has 8 heteroatoms. The zero-order valence-electron chi connectivity index (χ0n) is 13.6. The van der Waals surface area contributed by atoms with Gasteiger partial charge in [0.15, 0.2) is 0 Å². The molecule has 2 N–H and O–H groups in total. The van der Waals surface area contributed by atoms with Gasteiger partial charge in [-0.15, -0.1) is 0 Å². The normalized spacial score (nSPS) is 11.3. The van der Waals surface area contributed by atoms with Crippen LogP contribution in [0.5, 0.6) is 0 Å². The van der Waals surface area contributed by atoms with Crippen LogP contribution in [0.4, 0.5) is 0 Å². The van der Waals surface area contributed by atoms with Gasteiger partial charge in [0, 0.05) is 28.7 Å². The second-order valence-electron chi connectivity index (χ2n) is 5.27. The quantitative estimate of drug-likeness (QED) is 0.748. The Balaban J connectivity index is 1.95. The summed E-state index contributed by atoms with van der Waals surface area (Å²) in [5, 5.41) is 3.89. The Morgan fingerprint density at radius 1 is 1.08 bits per heavy atom. The first-order chi connectivity index (χ1) is 11.8. The van der Waals surface area contributed by atoms with Crippen molar-refractivity contribution in [2.75, 3.05) is 13.1 Å². The topological polar surface area (TPSA) is 75.3 Å². The highest BCUT2D eigenvalue weighted by Crippen LogP contribution is 2.21. The summed E-state index contributed by atoms with van der Waals surface area (Å²) in [4.78, 5) is 12.3. The fourth-order valence-electron chi connectivity index (χ4n) is 2.20. The van der Waals surface area contributed by atoms with Gasteiger partial charge in [0.05, 0.1) is 4.90 Å². The lowest BCUT2D eigenvalue weighted by Gasteiger charge is -2.08. The van der Waals surface area contributed by atoms with E-state index in [9.17, 15) is 13.2 Å². The summed E-state index contributed by atoms with van der Waals surface area (Å²) in [5.41, 5.74) is 1.27. The summed E-state index contributed by atoms with van der Waals surface area (Å²) < 4.78 is 26.1. The molecule has 0 spiro atoms. The van der Waals surface area contributed by atoms with Gasteiger partial charge in [-0.2, -0.15) is 0 Å². The van der Waals surface area contributed by atoms with E-state index in [2.05, 4.69) is 10.0 Å². The largest absolute Gasteiger partial charge is 0.352 e. The zero-order valence-corrected chi connectivity index (χ0v) is 15.9. The fourth-order valence-corrected chi connectivity index (χ4v) is 3.74. The van der Waals surface area contributed by atoms with E-state index in [0.717, 1.165) is 5.56 Å². The highest BCUT2D eigenvalue weighted by atomic mass is 35.5. The van der Waals surface area contributed by atoms with Crippen LogP contribution in [0.2, 0.25) is 10.0 Å². The number of sulfonamides is 1. The third-order valence-electron chi connectivity index (χ3n) is 3.46. The summed E-state index contributed by atoms with van der Waals surface area (Å²) in [6.45, 7) is 2.40. The van der Waals surface area contributed by atoms with Crippen LogP contribution in [0.3, 0.4) is 0 Å². The second-order valence-corrected chi connectivity index (χ2v) is 7.88. The van der Waals surface area contributed by atoms with Crippen molar-refractivity contribution in [1.82, 2.24) is 10.0 Å². The Bertz CT molecular complexity index is 853. The van der Waals surface area contributed by atoms with Crippen molar-refractivity contribution < 1.29 is 13.2 Å². The Kier molecular flexibility index (Phi) is 6.84. The molecule has 0 saturated carbocycles. The smallest absolute Gasteiger partial charge is 0.251 e. The van der Waals surface area contributed by atoms with E-state index in [1.807, 2.05) is 6.07 Å². The molecule has 0 heterocycles. The molecule has 0 bridgehead atoms. The lowest BCUT2D eigenvalue weighted by Crippen LogP contribution is -2.26. The minimum absolute atomic E-state index is 0.124. The molecule has 0 atom stereocenters. The van der Waals surface area contributed by atoms with Gasteiger partial charge >= 0.3 is 0 Å².